The molecule has 0 bridgehead atoms. The van der Waals surface area contributed by atoms with E-state index in [1.54, 1.807) is 11.1 Å². The number of aliphatic hydroxyl groups is 1. The summed E-state index contributed by atoms with van der Waals surface area (Å²) in [6, 6.07) is 9.00. The number of likely N-dealkylation sites (tertiary alicyclic amines) is 1. The molecule has 0 radical (unpaired) electrons. The van der Waals surface area contributed by atoms with Crippen LogP contribution in [0.3, 0.4) is 0 Å². The molecule has 3 rings (SSSR count). The number of piperidine rings is 1. The molecular formula is C17H25NO. The molecular weight excluding hydrogens is 234 g/mol. The van der Waals surface area contributed by atoms with Crippen molar-refractivity contribution in [1.82, 2.24) is 4.90 Å². The van der Waals surface area contributed by atoms with Crippen LogP contribution in [0.4, 0.5) is 0 Å². The highest BCUT2D eigenvalue weighted by atomic mass is 16.3. The zero-order valence-corrected chi connectivity index (χ0v) is 11.7. The Kier molecular flexibility index (Phi) is 4.19. The fourth-order valence-electron chi connectivity index (χ4n) is 3.71. The van der Waals surface area contributed by atoms with Gasteiger partial charge in [-0.05, 0) is 68.2 Å². The number of benzene rings is 1. The van der Waals surface area contributed by atoms with Crippen LogP contribution < -0.4 is 0 Å². The first-order valence-corrected chi connectivity index (χ1v) is 7.78. The van der Waals surface area contributed by atoms with E-state index in [-0.39, 0.29) is 0 Å². The van der Waals surface area contributed by atoms with Gasteiger partial charge < -0.3 is 10.0 Å². The second-order valence-electron chi connectivity index (χ2n) is 6.21. The fraction of sp³-hybridized carbons (Fsp3) is 0.647. The molecule has 1 atom stereocenters. The van der Waals surface area contributed by atoms with Crippen molar-refractivity contribution in [2.24, 2.45) is 5.92 Å². The number of aliphatic hydroxyl groups excluding tert-OH is 1. The largest absolute Gasteiger partial charge is 0.396 e. The molecule has 104 valence electrons. The molecule has 0 saturated carbocycles. The van der Waals surface area contributed by atoms with Crippen LogP contribution in [0.15, 0.2) is 24.3 Å². The van der Waals surface area contributed by atoms with Crippen LogP contribution in [0.5, 0.6) is 0 Å². The summed E-state index contributed by atoms with van der Waals surface area (Å²) in [7, 11) is 0. The predicted octanol–water partition coefficient (Wildman–Crippen LogP) is 2.81. The Balaban J connectivity index is 1.62. The van der Waals surface area contributed by atoms with Crippen LogP contribution in [-0.2, 0) is 6.42 Å². The van der Waals surface area contributed by atoms with Gasteiger partial charge in [0.05, 0.1) is 0 Å². The van der Waals surface area contributed by atoms with Gasteiger partial charge in [-0.3, -0.25) is 0 Å². The summed E-state index contributed by atoms with van der Waals surface area (Å²) in [5.74, 6) is 1.28. The zero-order chi connectivity index (χ0) is 13.1. The molecule has 1 aromatic carbocycles. The molecule has 19 heavy (non-hydrogen) atoms. The molecule has 1 aromatic rings. The van der Waals surface area contributed by atoms with Crippen LogP contribution in [-0.4, -0.2) is 36.2 Å². The minimum Gasteiger partial charge on any atom is -0.396 e. The first-order valence-electron chi connectivity index (χ1n) is 7.78. The number of rotatable bonds is 3. The van der Waals surface area contributed by atoms with Crippen LogP contribution in [0.25, 0.3) is 0 Å². The lowest BCUT2D eigenvalue weighted by molar-refractivity contribution is 0.125. The van der Waals surface area contributed by atoms with Gasteiger partial charge in [0, 0.05) is 13.2 Å². The van der Waals surface area contributed by atoms with Gasteiger partial charge in [-0.1, -0.05) is 24.3 Å². The third-order valence-electron chi connectivity index (χ3n) is 4.94. The van der Waals surface area contributed by atoms with E-state index in [9.17, 15) is 5.11 Å². The summed E-state index contributed by atoms with van der Waals surface area (Å²) >= 11 is 0. The molecule has 1 fully saturated rings. The van der Waals surface area contributed by atoms with Crippen LogP contribution in [0.2, 0.25) is 0 Å². The smallest absolute Gasteiger partial charge is 0.0460 e. The maximum Gasteiger partial charge on any atom is 0.0460 e. The number of nitrogens with zero attached hydrogens (tertiary/aromatic N) is 1. The number of hydrogen-bond acceptors (Lipinski definition) is 2. The van der Waals surface area contributed by atoms with Gasteiger partial charge in [0.1, 0.15) is 0 Å². The van der Waals surface area contributed by atoms with E-state index in [2.05, 4.69) is 29.2 Å². The zero-order valence-electron chi connectivity index (χ0n) is 11.7. The average Bonchev–Trinajstić information content (AvgIpc) is 2.48. The third-order valence-corrected chi connectivity index (χ3v) is 4.94. The molecule has 1 unspecified atom stereocenters. The van der Waals surface area contributed by atoms with E-state index in [0.717, 1.165) is 5.92 Å². The van der Waals surface area contributed by atoms with Crippen LogP contribution in [0, 0.1) is 5.92 Å². The molecule has 0 aromatic heterocycles. The molecule has 0 spiro atoms. The van der Waals surface area contributed by atoms with Gasteiger partial charge in [0.2, 0.25) is 0 Å². The standard InChI is InChI=1S/C17H25NO/c19-13-14-8-10-18(11-9-14)12-16-6-3-5-15-4-1-2-7-17(15)16/h1-2,4,7,14,16,19H,3,5-6,8-13H2. The van der Waals surface area contributed by atoms with E-state index >= 15 is 0 Å². The normalized spacial score (nSPS) is 25.2. The van der Waals surface area contributed by atoms with E-state index < -0.39 is 0 Å². The van der Waals surface area contributed by atoms with Gasteiger partial charge >= 0.3 is 0 Å². The molecule has 2 aliphatic rings. The second-order valence-corrected chi connectivity index (χ2v) is 6.21. The highest BCUT2D eigenvalue weighted by molar-refractivity contribution is 5.32. The lowest BCUT2D eigenvalue weighted by Crippen LogP contribution is -2.38. The summed E-state index contributed by atoms with van der Waals surface area (Å²) in [6.07, 6.45) is 6.29. The van der Waals surface area contributed by atoms with Gasteiger partial charge in [-0.25, -0.2) is 0 Å². The topological polar surface area (TPSA) is 23.5 Å². The van der Waals surface area contributed by atoms with E-state index in [1.807, 2.05) is 0 Å². The third kappa shape index (κ3) is 3.01. The Morgan fingerprint density at radius 1 is 1.11 bits per heavy atom. The summed E-state index contributed by atoms with van der Waals surface area (Å²) in [6.45, 7) is 3.93. The lowest BCUT2D eigenvalue weighted by Gasteiger charge is -2.35. The number of aryl methyl sites for hydroxylation is 1. The average molecular weight is 259 g/mol. The van der Waals surface area contributed by atoms with Gasteiger partial charge in [-0.15, -0.1) is 0 Å². The van der Waals surface area contributed by atoms with Crippen LogP contribution in [0.1, 0.15) is 42.7 Å². The van der Waals surface area contributed by atoms with Crippen molar-refractivity contribution >= 4 is 0 Å². The summed E-state index contributed by atoms with van der Waals surface area (Å²) in [4.78, 5) is 2.61. The molecule has 1 aliphatic heterocycles. The molecule has 2 heteroatoms. The van der Waals surface area contributed by atoms with Crippen molar-refractivity contribution in [2.45, 2.75) is 38.0 Å². The molecule has 1 heterocycles. The van der Waals surface area contributed by atoms with Crippen LogP contribution >= 0.6 is 0 Å². The Labute approximate surface area is 116 Å². The molecule has 1 aliphatic carbocycles. The number of fused-ring (bicyclic) bond motifs is 1. The van der Waals surface area contributed by atoms with Crippen molar-refractivity contribution in [3.8, 4) is 0 Å². The Morgan fingerprint density at radius 3 is 2.68 bits per heavy atom. The summed E-state index contributed by atoms with van der Waals surface area (Å²) in [5.41, 5.74) is 3.17. The van der Waals surface area contributed by atoms with Gasteiger partial charge in [0.25, 0.3) is 0 Å². The maximum absolute atomic E-state index is 9.21. The maximum atomic E-state index is 9.21. The molecule has 0 amide bonds. The molecule has 1 saturated heterocycles. The number of hydrogen-bond donors (Lipinski definition) is 1. The SMILES string of the molecule is OCC1CCN(CC2CCCc3ccccc32)CC1. The van der Waals surface area contributed by atoms with Crippen molar-refractivity contribution in [3.05, 3.63) is 35.4 Å². The van der Waals surface area contributed by atoms with Crippen molar-refractivity contribution in [2.75, 3.05) is 26.2 Å². The fourth-order valence-corrected chi connectivity index (χ4v) is 3.71. The summed E-state index contributed by atoms with van der Waals surface area (Å²) in [5, 5.41) is 9.21. The highest BCUT2D eigenvalue weighted by Crippen LogP contribution is 2.32. The Morgan fingerprint density at radius 2 is 1.89 bits per heavy atom. The minimum atomic E-state index is 0.375. The predicted molar refractivity (Wildman–Crippen MR) is 78.4 cm³/mol. The van der Waals surface area contributed by atoms with Crippen molar-refractivity contribution in [3.63, 3.8) is 0 Å². The van der Waals surface area contributed by atoms with E-state index in [4.69, 9.17) is 0 Å². The Bertz CT molecular complexity index is 409. The quantitative estimate of drug-likeness (QED) is 0.902. The van der Waals surface area contributed by atoms with Gasteiger partial charge in [-0.2, -0.15) is 0 Å². The highest BCUT2D eigenvalue weighted by Gasteiger charge is 2.24. The first kappa shape index (κ1) is 13.1. The molecule has 1 N–H and O–H groups in total. The Hall–Kier alpha value is -0.860. The van der Waals surface area contributed by atoms with E-state index in [1.165, 1.54) is 51.7 Å². The van der Waals surface area contributed by atoms with Crippen molar-refractivity contribution in [1.29, 1.82) is 0 Å². The van der Waals surface area contributed by atoms with E-state index in [0.29, 0.717) is 12.5 Å². The minimum absolute atomic E-state index is 0.375. The van der Waals surface area contributed by atoms with Crippen molar-refractivity contribution < 1.29 is 5.11 Å². The lowest BCUT2D eigenvalue weighted by atomic mass is 9.82. The summed E-state index contributed by atoms with van der Waals surface area (Å²) < 4.78 is 0. The van der Waals surface area contributed by atoms with Gasteiger partial charge in [0.15, 0.2) is 0 Å². The second kappa shape index (κ2) is 6.06. The molecule has 2 nitrogen and oxygen atoms in total. The first-order chi connectivity index (χ1) is 9.36. The monoisotopic (exact) mass is 259 g/mol.